The van der Waals surface area contributed by atoms with E-state index < -0.39 is 0 Å². The van der Waals surface area contributed by atoms with Gasteiger partial charge in [-0.25, -0.2) is 9.97 Å². The van der Waals surface area contributed by atoms with Crippen LogP contribution in [0, 0.1) is 0 Å². The molecule has 0 radical (unpaired) electrons. The van der Waals surface area contributed by atoms with Gasteiger partial charge in [0.1, 0.15) is 16.9 Å². The number of nitrogens with zero attached hydrogens (tertiary/aromatic N) is 4. The highest BCUT2D eigenvalue weighted by Gasteiger charge is 2.29. The Hall–Kier alpha value is -7.28. The Morgan fingerprint density at radius 2 is 1.19 bits per heavy atom. The van der Waals surface area contributed by atoms with Gasteiger partial charge in [0.05, 0.1) is 32.9 Å². The molecule has 0 saturated heterocycles. The molecule has 8 aromatic carbocycles. The van der Waals surface area contributed by atoms with E-state index in [1.807, 2.05) is 23.5 Å². The molecule has 14 aromatic rings. The monoisotopic (exact) mass is 756 g/mol. The van der Waals surface area contributed by atoms with Gasteiger partial charge in [0.2, 0.25) is 0 Å². The van der Waals surface area contributed by atoms with Crippen molar-refractivity contribution in [3.05, 3.63) is 151 Å². The number of thiophene rings is 1. The van der Waals surface area contributed by atoms with E-state index in [0.717, 1.165) is 79.2 Å². The molecular weight excluding hydrogens is 729 g/mol. The lowest BCUT2D eigenvalue weighted by molar-refractivity contribution is 0.669. The van der Waals surface area contributed by atoms with Crippen LogP contribution >= 0.6 is 11.3 Å². The van der Waals surface area contributed by atoms with Gasteiger partial charge in [-0.1, -0.05) is 103 Å². The van der Waals surface area contributed by atoms with Crippen molar-refractivity contribution < 1.29 is 4.42 Å². The predicted molar refractivity (Wildman–Crippen MR) is 242 cm³/mol. The van der Waals surface area contributed by atoms with E-state index in [1.165, 1.54) is 74.6 Å². The maximum absolute atomic E-state index is 6.51. The summed E-state index contributed by atoms with van der Waals surface area (Å²) >= 11 is 1.90. The van der Waals surface area contributed by atoms with Gasteiger partial charge in [-0.3, -0.25) is 4.57 Å². The van der Waals surface area contributed by atoms with Gasteiger partial charge in [-0.15, -0.1) is 11.3 Å². The van der Waals surface area contributed by atoms with E-state index in [-0.39, 0.29) is 0 Å². The summed E-state index contributed by atoms with van der Waals surface area (Å²) in [6.45, 7) is 0. The molecule has 5 nitrogen and oxygen atoms in total. The Labute approximate surface area is 332 Å². The van der Waals surface area contributed by atoms with Crippen molar-refractivity contribution >= 4 is 130 Å². The highest BCUT2D eigenvalue weighted by Crippen LogP contribution is 2.48. The van der Waals surface area contributed by atoms with Gasteiger partial charge in [-0.05, 0) is 66.1 Å². The van der Waals surface area contributed by atoms with Crippen molar-refractivity contribution in [1.29, 1.82) is 0 Å². The van der Waals surface area contributed by atoms with Crippen LogP contribution in [-0.4, -0.2) is 18.9 Å². The number of furan rings is 1. The van der Waals surface area contributed by atoms with Gasteiger partial charge >= 0.3 is 0 Å². The van der Waals surface area contributed by atoms with Crippen molar-refractivity contribution in [2.75, 3.05) is 0 Å². The molecule has 15 rings (SSSR count). The van der Waals surface area contributed by atoms with Crippen LogP contribution in [0.5, 0.6) is 0 Å². The normalized spacial score (nSPS) is 13.5. The quantitative estimate of drug-likeness (QED) is 0.165. The summed E-state index contributed by atoms with van der Waals surface area (Å²) in [5, 5.41) is 15.9. The molecule has 6 aromatic heterocycles. The third-order valence-electron chi connectivity index (χ3n) is 13.1. The number of rotatable bonds is 2. The standard InChI is InChI=1S/C52H28N4OS/c1-3-14-33-28(10-1)29-11-2-4-15-34(29)50-49(33)53-48(27-20-21-32-31-13-6-8-19-40(31)57-41(32)26-27)52(54-50)56-38-18-9-17-37-44(38)45-39(56)23-25-42-46(45)47-43(58-42)24-22-35-30-12-5-7-16-36(30)55(37)51(35)47/h1-8,10-16,18-26H,9,17H2. The molecule has 1 aliphatic rings. The lowest BCUT2D eigenvalue weighted by Crippen LogP contribution is -2.21. The maximum atomic E-state index is 6.51. The summed E-state index contributed by atoms with van der Waals surface area (Å²) in [4.78, 5) is 11.6. The Morgan fingerprint density at radius 3 is 2.03 bits per heavy atom. The average Bonchev–Trinajstić information content (AvgIpc) is 4.01. The van der Waals surface area contributed by atoms with Gasteiger partial charge < -0.3 is 8.82 Å². The molecule has 58 heavy (non-hydrogen) atoms. The van der Waals surface area contributed by atoms with E-state index in [0.29, 0.717) is 0 Å². The lowest BCUT2D eigenvalue weighted by Gasteiger charge is -2.17. The molecule has 0 saturated carbocycles. The molecule has 0 spiro atoms. The van der Waals surface area contributed by atoms with E-state index >= 15 is 0 Å². The van der Waals surface area contributed by atoms with Crippen LogP contribution in [-0.2, 0) is 6.42 Å². The fourth-order valence-corrected chi connectivity index (χ4v) is 11.9. The summed E-state index contributed by atoms with van der Waals surface area (Å²) in [6, 6.07) is 50.4. The molecule has 1 aliphatic carbocycles. The second-order valence-electron chi connectivity index (χ2n) is 15.9. The van der Waals surface area contributed by atoms with Crippen LogP contribution in [0.3, 0.4) is 0 Å². The van der Waals surface area contributed by atoms with Crippen molar-refractivity contribution in [3.63, 3.8) is 0 Å². The minimum absolute atomic E-state index is 0.828. The highest BCUT2D eigenvalue weighted by molar-refractivity contribution is 7.26. The molecule has 0 bridgehead atoms. The summed E-state index contributed by atoms with van der Waals surface area (Å²) in [7, 11) is 0. The van der Waals surface area contributed by atoms with Gasteiger partial charge in [0, 0.05) is 74.5 Å². The topological polar surface area (TPSA) is 48.3 Å². The van der Waals surface area contributed by atoms with Crippen LogP contribution in [0.25, 0.3) is 136 Å². The smallest absolute Gasteiger partial charge is 0.165 e. The number of aryl methyl sites for hydroxylation is 1. The summed E-state index contributed by atoms with van der Waals surface area (Å²) in [6.07, 6.45) is 4.33. The Balaban J connectivity index is 1.17. The number of para-hydroxylation sites is 2. The number of hydrogen-bond donors (Lipinski definition) is 0. The van der Waals surface area contributed by atoms with Crippen molar-refractivity contribution in [3.8, 4) is 17.1 Å². The molecule has 0 unspecified atom stereocenters. The average molecular weight is 757 g/mol. The molecule has 0 N–H and O–H groups in total. The number of hydrogen-bond acceptors (Lipinski definition) is 4. The number of benzene rings is 8. The second-order valence-corrected chi connectivity index (χ2v) is 17.0. The molecule has 0 amide bonds. The molecule has 268 valence electrons. The summed E-state index contributed by atoms with van der Waals surface area (Å²) in [5.41, 5.74) is 10.5. The first-order valence-corrected chi connectivity index (χ1v) is 20.8. The second kappa shape index (κ2) is 10.4. The van der Waals surface area contributed by atoms with Crippen molar-refractivity contribution in [2.45, 2.75) is 12.8 Å². The molecule has 0 aliphatic heterocycles. The minimum atomic E-state index is 0.828. The fraction of sp³-hybridized carbons (Fsp3) is 0.0385. The summed E-state index contributed by atoms with van der Waals surface area (Å²) in [5.74, 6) is 0.828. The first-order valence-electron chi connectivity index (χ1n) is 20.0. The van der Waals surface area contributed by atoms with E-state index in [4.69, 9.17) is 14.4 Å². The molecule has 6 heteroatoms. The van der Waals surface area contributed by atoms with Crippen molar-refractivity contribution in [2.24, 2.45) is 0 Å². The number of fused-ring (bicyclic) bond motifs is 13. The Bertz CT molecular complexity index is 4220. The maximum Gasteiger partial charge on any atom is 0.165 e. The number of aromatic nitrogens is 4. The Morgan fingerprint density at radius 1 is 0.517 bits per heavy atom. The van der Waals surface area contributed by atoms with E-state index in [2.05, 4.69) is 142 Å². The lowest BCUT2D eigenvalue weighted by atomic mass is 9.99. The van der Waals surface area contributed by atoms with Crippen LogP contribution in [0.2, 0.25) is 0 Å². The zero-order valence-corrected chi connectivity index (χ0v) is 31.7. The predicted octanol–water partition coefficient (Wildman–Crippen LogP) is 13.3. The van der Waals surface area contributed by atoms with Gasteiger partial charge in [0.25, 0.3) is 0 Å². The first kappa shape index (κ1) is 29.9. The molecule has 6 heterocycles. The van der Waals surface area contributed by atoms with Crippen LogP contribution < -0.4 is 5.35 Å². The largest absolute Gasteiger partial charge is 0.456 e. The third-order valence-corrected chi connectivity index (χ3v) is 14.2. The Kier molecular flexibility index (Phi) is 5.35. The third kappa shape index (κ3) is 3.51. The van der Waals surface area contributed by atoms with Gasteiger partial charge in [-0.2, -0.15) is 0 Å². The molecule has 0 atom stereocenters. The fourth-order valence-electron chi connectivity index (χ4n) is 10.8. The van der Waals surface area contributed by atoms with E-state index in [9.17, 15) is 0 Å². The zero-order chi connectivity index (χ0) is 37.4. The summed E-state index contributed by atoms with van der Waals surface area (Å²) < 4.78 is 14.2. The van der Waals surface area contributed by atoms with E-state index in [1.54, 1.807) is 0 Å². The van der Waals surface area contributed by atoms with Crippen LogP contribution in [0.1, 0.15) is 12.1 Å². The van der Waals surface area contributed by atoms with Crippen molar-refractivity contribution in [1.82, 2.24) is 18.9 Å². The highest BCUT2D eigenvalue weighted by atomic mass is 32.1. The SMILES string of the molecule is C1=c2c3c(n4c5ccccc5c5ccc6sc7ccc(c3c7c6c54)n2-c2nc3c4ccccc4c4ccccc4c3nc2-c2ccc3c(c2)oc2ccccc23)CC1. The molecular formula is C52H28N4OS. The minimum Gasteiger partial charge on any atom is -0.456 e. The first-order chi connectivity index (χ1) is 28.8. The zero-order valence-electron chi connectivity index (χ0n) is 30.9. The van der Waals surface area contributed by atoms with Crippen LogP contribution in [0.15, 0.2) is 144 Å². The molecule has 0 fully saturated rings. The van der Waals surface area contributed by atoms with Gasteiger partial charge in [0.15, 0.2) is 5.82 Å². The van der Waals surface area contributed by atoms with Crippen LogP contribution in [0.4, 0.5) is 0 Å².